The van der Waals surface area contributed by atoms with Crippen molar-refractivity contribution in [1.29, 1.82) is 0 Å². The molecule has 0 radical (unpaired) electrons. The lowest BCUT2D eigenvalue weighted by Gasteiger charge is -2.09. The predicted molar refractivity (Wildman–Crippen MR) is 104 cm³/mol. The summed E-state index contributed by atoms with van der Waals surface area (Å²) in [6.07, 6.45) is 3.34. The zero-order valence-electron chi connectivity index (χ0n) is 14.5. The van der Waals surface area contributed by atoms with Crippen LogP contribution in [0.15, 0.2) is 84.0 Å². The molecule has 0 atom stereocenters. The first-order valence-corrected chi connectivity index (χ1v) is 9.99. The van der Waals surface area contributed by atoms with E-state index in [4.69, 9.17) is 0 Å². The zero-order valence-corrected chi connectivity index (χ0v) is 15.3. The molecule has 3 rings (SSSR count). The number of urea groups is 1. The van der Waals surface area contributed by atoms with E-state index in [9.17, 15) is 13.2 Å². The fraction of sp³-hybridized carbons (Fsp3) is 0.100. The van der Waals surface area contributed by atoms with Crippen molar-refractivity contribution in [3.63, 3.8) is 0 Å². The molecule has 0 unspecified atom stereocenters. The van der Waals surface area contributed by atoms with E-state index >= 15 is 0 Å². The van der Waals surface area contributed by atoms with Crippen LogP contribution < -0.4 is 10.6 Å². The van der Waals surface area contributed by atoms with Gasteiger partial charge in [0.1, 0.15) is 0 Å². The van der Waals surface area contributed by atoms with E-state index in [-0.39, 0.29) is 16.7 Å². The molecule has 7 heteroatoms. The van der Waals surface area contributed by atoms with Crippen molar-refractivity contribution in [3.05, 3.63) is 90.3 Å². The van der Waals surface area contributed by atoms with Gasteiger partial charge in [0.25, 0.3) is 0 Å². The lowest BCUT2D eigenvalue weighted by atomic mass is 10.2. The standard InChI is InChI=1S/C20H19N3O3S/c24-20(22-14-17-7-4-12-21-13-17)23-18-8-10-19(11-9-18)27(25,26)15-16-5-2-1-3-6-16/h1-13H,14-15H2,(H2,22,23,24). The van der Waals surface area contributed by atoms with Crippen LogP contribution in [0.1, 0.15) is 11.1 Å². The summed E-state index contributed by atoms with van der Waals surface area (Å²) in [5, 5.41) is 5.39. The molecule has 0 spiro atoms. The number of sulfone groups is 1. The highest BCUT2D eigenvalue weighted by Gasteiger charge is 2.15. The quantitative estimate of drug-likeness (QED) is 0.685. The molecule has 138 valence electrons. The average Bonchev–Trinajstić information content (AvgIpc) is 2.68. The Morgan fingerprint density at radius 1 is 0.889 bits per heavy atom. The fourth-order valence-corrected chi connectivity index (χ4v) is 3.83. The molecule has 2 amide bonds. The maximum absolute atomic E-state index is 12.5. The number of amides is 2. The normalized spacial score (nSPS) is 11.0. The number of pyridine rings is 1. The van der Waals surface area contributed by atoms with Gasteiger partial charge in [0.05, 0.1) is 10.6 Å². The van der Waals surface area contributed by atoms with E-state index < -0.39 is 9.84 Å². The van der Waals surface area contributed by atoms with Gasteiger partial charge in [0.15, 0.2) is 9.84 Å². The molecule has 0 saturated heterocycles. The van der Waals surface area contributed by atoms with Gasteiger partial charge in [-0.15, -0.1) is 0 Å². The van der Waals surface area contributed by atoms with Crippen molar-refractivity contribution in [1.82, 2.24) is 10.3 Å². The maximum atomic E-state index is 12.5. The fourth-order valence-electron chi connectivity index (χ4n) is 2.48. The zero-order chi connectivity index (χ0) is 19.1. The van der Waals surface area contributed by atoms with Gasteiger partial charge in [0.2, 0.25) is 0 Å². The molecule has 1 aromatic heterocycles. The Balaban J connectivity index is 1.59. The van der Waals surface area contributed by atoms with Gasteiger partial charge in [-0.3, -0.25) is 4.98 Å². The third-order valence-corrected chi connectivity index (χ3v) is 5.55. The molecule has 2 N–H and O–H groups in total. The van der Waals surface area contributed by atoms with Crippen LogP contribution >= 0.6 is 0 Å². The third kappa shape index (κ3) is 5.39. The minimum absolute atomic E-state index is 0.0633. The van der Waals surface area contributed by atoms with Gasteiger partial charge in [-0.1, -0.05) is 36.4 Å². The van der Waals surface area contributed by atoms with E-state index in [1.165, 1.54) is 12.1 Å². The average molecular weight is 381 g/mol. The van der Waals surface area contributed by atoms with Crippen molar-refractivity contribution in [2.75, 3.05) is 5.32 Å². The van der Waals surface area contributed by atoms with Gasteiger partial charge in [-0.2, -0.15) is 0 Å². The largest absolute Gasteiger partial charge is 0.334 e. The van der Waals surface area contributed by atoms with Gasteiger partial charge in [-0.25, -0.2) is 13.2 Å². The first-order valence-electron chi connectivity index (χ1n) is 8.33. The number of benzene rings is 2. The third-order valence-electron chi connectivity index (χ3n) is 3.85. The Labute approximate surface area is 158 Å². The SMILES string of the molecule is O=C(NCc1cccnc1)Nc1ccc(S(=O)(=O)Cc2ccccc2)cc1. The maximum Gasteiger partial charge on any atom is 0.319 e. The van der Waals surface area contributed by atoms with E-state index in [2.05, 4.69) is 15.6 Å². The van der Waals surface area contributed by atoms with Gasteiger partial charge >= 0.3 is 6.03 Å². The summed E-state index contributed by atoms with van der Waals surface area (Å²) in [7, 11) is -3.44. The Kier molecular flexibility index (Phi) is 5.83. The number of carbonyl (C=O) groups is 1. The van der Waals surface area contributed by atoms with Crippen LogP contribution in [0.25, 0.3) is 0 Å². The Morgan fingerprint density at radius 3 is 2.26 bits per heavy atom. The summed E-state index contributed by atoms with van der Waals surface area (Å²) >= 11 is 0. The summed E-state index contributed by atoms with van der Waals surface area (Å²) in [5.74, 6) is -0.0633. The molecule has 0 aliphatic carbocycles. The second-order valence-corrected chi connectivity index (χ2v) is 7.93. The Bertz CT molecular complexity index is 990. The van der Waals surface area contributed by atoms with Crippen LogP contribution in [0.2, 0.25) is 0 Å². The highest BCUT2D eigenvalue weighted by Crippen LogP contribution is 2.19. The molecule has 1 heterocycles. The molecular weight excluding hydrogens is 362 g/mol. The number of carbonyl (C=O) groups excluding carboxylic acids is 1. The molecule has 3 aromatic rings. The minimum Gasteiger partial charge on any atom is -0.334 e. The van der Waals surface area contributed by atoms with Crippen molar-refractivity contribution in [2.45, 2.75) is 17.2 Å². The van der Waals surface area contributed by atoms with Crippen molar-refractivity contribution in [3.8, 4) is 0 Å². The smallest absolute Gasteiger partial charge is 0.319 e. The number of rotatable bonds is 6. The van der Waals surface area contributed by atoms with Crippen LogP contribution in [-0.2, 0) is 22.1 Å². The summed E-state index contributed by atoms with van der Waals surface area (Å²) in [6.45, 7) is 0.350. The van der Waals surface area contributed by atoms with E-state index in [1.807, 2.05) is 24.3 Å². The number of hydrogen-bond donors (Lipinski definition) is 2. The Morgan fingerprint density at radius 2 is 1.59 bits per heavy atom. The summed E-state index contributed by atoms with van der Waals surface area (Å²) < 4.78 is 25.0. The van der Waals surface area contributed by atoms with Crippen molar-refractivity contribution < 1.29 is 13.2 Å². The second-order valence-electron chi connectivity index (χ2n) is 5.94. The molecule has 0 fully saturated rings. The second kappa shape index (κ2) is 8.46. The molecule has 0 aliphatic rings. The highest BCUT2D eigenvalue weighted by molar-refractivity contribution is 7.90. The monoisotopic (exact) mass is 381 g/mol. The van der Waals surface area contributed by atoms with E-state index in [1.54, 1.807) is 42.7 Å². The topological polar surface area (TPSA) is 88.2 Å². The summed E-state index contributed by atoms with van der Waals surface area (Å²) in [5.41, 5.74) is 2.13. The number of aromatic nitrogens is 1. The van der Waals surface area contributed by atoms with Crippen LogP contribution in [0.5, 0.6) is 0 Å². The number of nitrogens with one attached hydrogen (secondary N) is 2. The van der Waals surface area contributed by atoms with Gasteiger partial charge in [-0.05, 0) is 41.5 Å². The molecule has 6 nitrogen and oxygen atoms in total. The number of hydrogen-bond acceptors (Lipinski definition) is 4. The summed E-state index contributed by atoms with van der Waals surface area (Å²) in [6, 6.07) is 18.4. The molecule has 0 aliphatic heterocycles. The van der Waals surface area contributed by atoms with E-state index in [0.29, 0.717) is 12.2 Å². The van der Waals surface area contributed by atoms with Crippen molar-refractivity contribution in [2.24, 2.45) is 0 Å². The van der Waals surface area contributed by atoms with Crippen LogP contribution in [0, 0.1) is 0 Å². The van der Waals surface area contributed by atoms with Crippen LogP contribution in [0.4, 0.5) is 10.5 Å². The lowest BCUT2D eigenvalue weighted by molar-refractivity contribution is 0.251. The molecule has 27 heavy (non-hydrogen) atoms. The lowest BCUT2D eigenvalue weighted by Crippen LogP contribution is -2.28. The minimum atomic E-state index is -3.44. The molecule has 0 saturated carbocycles. The van der Waals surface area contributed by atoms with Gasteiger partial charge < -0.3 is 10.6 Å². The van der Waals surface area contributed by atoms with Crippen molar-refractivity contribution >= 4 is 21.6 Å². The van der Waals surface area contributed by atoms with E-state index in [0.717, 1.165) is 11.1 Å². The van der Waals surface area contributed by atoms with Gasteiger partial charge in [0, 0.05) is 24.6 Å². The van der Waals surface area contributed by atoms with Crippen LogP contribution in [0.3, 0.4) is 0 Å². The number of anilines is 1. The highest BCUT2D eigenvalue weighted by atomic mass is 32.2. The first kappa shape index (κ1) is 18.6. The predicted octanol–water partition coefficient (Wildman–Crippen LogP) is 3.38. The van der Waals surface area contributed by atoms with Crippen LogP contribution in [-0.4, -0.2) is 19.4 Å². The first-order chi connectivity index (χ1) is 13.0. The molecular formula is C20H19N3O3S. The molecule has 0 bridgehead atoms. The number of nitrogens with zero attached hydrogens (tertiary/aromatic N) is 1. The molecule has 2 aromatic carbocycles. The Hall–Kier alpha value is -3.19. The summed E-state index contributed by atoms with van der Waals surface area (Å²) in [4.78, 5) is 16.1.